The summed E-state index contributed by atoms with van der Waals surface area (Å²) in [7, 11) is 0. The molecule has 0 bridgehead atoms. The van der Waals surface area contributed by atoms with Crippen LogP contribution in [0.2, 0.25) is 0 Å². The Morgan fingerprint density at radius 3 is 2.41 bits per heavy atom. The Bertz CT molecular complexity index is 895. The van der Waals surface area contributed by atoms with Gasteiger partial charge in [-0.15, -0.1) is 0 Å². The SMILES string of the molecule is O=C(COc1cc(OCCc2ccccc2)ccc1Br)c1ccc(F)cc1. The second-order valence-electron chi connectivity index (χ2n) is 5.90. The fourth-order valence-corrected chi connectivity index (χ4v) is 2.84. The minimum atomic E-state index is -0.379. The summed E-state index contributed by atoms with van der Waals surface area (Å²) < 4.78 is 25.1. The van der Waals surface area contributed by atoms with Gasteiger partial charge in [0.15, 0.2) is 12.4 Å². The molecule has 0 fully saturated rings. The van der Waals surface area contributed by atoms with Crippen molar-refractivity contribution in [3.8, 4) is 11.5 Å². The number of rotatable bonds is 8. The molecule has 0 amide bonds. The van der Waals surface area contributed by atoms with Crippen LogP contribution in [0.3, 0.4) is 0 Å². The maximum atomic E-state index is 12.9. The molecule has 0 aromatic heterocycles. The van der Waals surface area contributed by atoms with Gasteiger partial charge in [0.1, 0.15) is 17.3 Å². The molecule has 0 spiro atoms. The summed E-state index contributed by atoms with van der Waals surface area (Å²) in [5.74, 6) is 0.578. The first-order valence-corrected chi connectivity index (χ1v) is 9.29. The van der Waals surface area contributed by atoms with Crippen LogP contribution in [0.1, 0.15) is 15.9 Å². The molecule has 3 aromatic carbocycles. The molecule has 5 heteroatoms. The van der Waals surface area contributed by atoms with Gasteiger partial charge in [-0.05, 0) is 57.9 Å². The van der Waals surface area contributed by atoms with Gasteiger partial charge in [0.05, 0.1) is 11.1 Å². The molecule has 0 aliphatic heterocycles. The van der Waals surface area contributed by atoms with Crippen molar-refractivity contribution >= 4 is 21.7 Å². The van der Waals surface area contributed by atoms with Gasteiger partial charge >= 0.3 is 0 Å². The predicted octanol–water partition coefficient (Wildman–Crippen LogP) is 5.47. The van der Waals surface area contributed by atoms with Crippen LogP contribution >= 0.6 is 15.9 Å². The highest BCUT2D eigenvalue weighted by Gasteiger charge is 2.10. The molecule has 138 valence electrons. The van der Waals surface area contributed by atoms with Gasteiger partial charge in [-0.25, -0.2) is 4.39 Å². The Morgan fingerprint density at radius 1 is 0.926 bits per heavy atom. The lowest BCUT2D eigenvalue weighted by Gasteiger charge is -2.11. The number of halogens is 2. The normalized spacial score (nSPS) is 10.4. The molecule has 0 radical (unpaired) electrons. The summed E-state index contributed by atoms with van der Waals surface area (Å²) in [4.78, 5) is 12.2. The summed E-state index contributed by atoms with van der Waals surface area (Å²) in [5, 5.41) is 0. The van der Waals surface area contributed by atoms with E-state index in [-0.39, 0.29) is 18.2 Å². The Kier molecular flexibility index (Phi) is 6.60. The van der Waals surface area contributed by atoms with Crippen molar-refractivity contribution in [2.45, 2.75) is 6.42 Å². The molecule has 0 heterocycles. The number of Topliss-reactive ketones (excluding diaryl/α,β-unsaturated/α-hetero) is 1. The average Bonchev–Trinajstić information content (AvgIpc) is 2.69. The van der Waals surface area contributed by atoms with Crippen molar-refractivity contribution in [2.75, 3.05) is 13.2 Å². The van der Waals surface area contributed by atoms with Crippen molar-refractivity contribution in [3.63, 3.8) is 0 Å². The number of hydrogen-bond acceptors (Lipinski definition) is 3. The van der Waals surface area contributed by atoms with Gasteiger partial charge in [0.25, 0.3) is 0 Å². The monoisotopic (exact) mass is 428 g/mol. The van der Waals surface area contributed by atoms with Crippen molar-refractivity contribution < 1.29 is 18.7 Å². The number of carbonyl (C=O) groups is 1. The van der Waals surface area contributed by atoms with E-state index in [9.17, 15) is 9.18 Å². The van der Waals surface area contributed by atoms with Crippen LogP contribution in [-0.4, -0.2) is 19.0 Å². The Hall–Kier alpha value is -2.66. The molecule has 0 aliphatic rings. The first-order chi connectivity index (χ1) is 13.1. The molecule has 0 unspecified atom stereocenters. The number of carbonyl (C=O) groups excluding carboxylic acids is 1. The van der Waals surface area contributed by atoms with Crippen molar-refractivity contribution in [1.29, 1.82) is 0 Å². The second-order valence-corrected chi connectivity index (χ2v) is 6.75. The van der Waals surface area contributed by atoms with E-state index in [2.05, 4.69) is 28.1 Å². The molecule has 0 saturated heterocycles. The van der Waals surface area contributed by atoms with Gasteiger partial charge in [0.2, 0.25) is 0 Å². The number of benzene rings is 3. The van der Waals surface area contributed by atoms with E-state index in [1.54, 1.807) is 6.07 Å². The topological polar surface area (TPSA) is 35.5 Å². The quantitative estimate of drug-likeness (QED) is 0.446. The molecule has 3 nitrogen and oxygen atoms in total. The third-order valence-electron chi connectivity index (χ3n) is 3.93. The number of ketones is 1. The Morgan fingerprint density at radius 2 is 1.67 bits per heavy atom. The average molecular weight is 429 g/mol. The highest BCUT2D eigenvalue weighted by molar-refractivity contribution is 9.10. The lowest BCUT2D eigenvalue weighted by molar-refractivity contribution is 0.0920. The fourth-order valence-electron chi connectivity index (χ4n) is 2.48. The van der Waals surface area contributed by atoms with Crippen molar-refractivity contribution in [2.24, 2.45) is 0 Å². The van der Waals surface area contributed by atoms with Gasteiger partial charge in [0, 0.05) is 18.1 Å². The van der Waals surface area contributed by atoms with E-state index in [0.717, 1.165) is 10.9 Å². The zero-order valence-electron chi connectivity index (χ0n) is 14.5. The number of ether oxygens (including phenoxy) is 2. The highest BCUT2D eigenvalue weighted by Crippen LogP contribution is 2.29. The van der Waals surface area contributed by atoms with E-state index in [1.165, 1.54) is 29.8 Å². The molecular formula is C22H18BrFO3. The molecule has 3 aromatic rings. The van der Waals surface area contributed by atoms with Crippen LogP contribution in [0.25, 0.3) is 0 Å². The molecule has 3 rings (SSSR count). The van der Waals surface area contributed by atoms with Crippen LogP contribution in [0, 0.1) is 5.82 Å². The minimum absolute atomic E-state index is 0.141. The summed E-state index contributed by atoms with van der Waals surface area (Å²) in [6.07, 6.45) is 0.802. The zero-order chi connectivity index (χ0) is 19.1. The first kappa shape index (κ1) is 19.1. The molecule has 0 saturated carbocycles. The molecule has 0 aliphatic carbocycles. The van der Waals surface area contributed by atoms with Gasteiger partial charge < -0.3 is 9.47 Å². The van der Waals surface area contributed by atoms with Crippen LogP contribution in [0.15, 0.2) is 77.3 Å². The van der Waals surface area contributed by atoms with E-state index in [4.69, 9.17) is 9.47 Å². The molecular weight excluding hydrogens is 411 g/mol. The Balaban J connectivity index is 1.56. The fraction of sp³-hybridized carbons (Fsp3) is 0.136. The first-order valence-electron chi connectivity index (χ1n) is 8.49. The molecule has 27 heavy (non-hydrogen) atoms. The predicted molar refractivity (Wildman–Crippen MR) is 106 cm³/mol. The standard InChI is InChI=1S/C22H18BrFO3/c23-20-11-10-19(26-13-12-16-4-2-1-3-5-16)14-22(20)27-15-21(25)17-6-8-18(24)9-7-17/h1-11,14H,12-13,15H2. The van der Waals surface area contributed by atoms with Crippen LogP contribution in [-0.2, 0) is 6.42 Å². The lowest BCUT2D eigenvalue weighted by Crippen LogP contribution is -2.12. The Labute approximate surface area is 165 Å². The largest absolute Gasteiger partial charge is 0.493 e. The third kappa shape index (κ3) is 5.66. The van der Waals surface area contributed by atoms with Crippen molar-refractivity contribution in [3.05, 3.63) is 94.2 Å². The second kappa shape index (κ2) is 9.33. The van der Waals surface area contributed by atoms with E-state index in [1.807, 2.05) is 30.3 Å². The smallest absolute Gasteiger partial charge is 0.200 e. The van der Waals surface area contributed by atoms with Crippen LogP contribution in [0.4, 0.5) is 4.39 Å². The number of hydrogen-bond donors (Lipinski definition) is 0. The summed E-state index contributed by atoms with van der Waals surface area (Å²) >= 11 is 3.41. The van der Waals surface area contributed by atoms with Crippen molar-refractivity contribution in [1.82, 2.24) is 0 Å². The van der Waals surface area contributed by atoms with Crippen LogP contribution in [0.5, 0.6) is 11.5 Å². The third-order valence-corrected chi connectivity index (χ3v) is 4.59. The zero-order valence-corrected chi connectivity index (χ0v) is 16.1. The summed E-state index contributed by atoms with van der Waals surface area (Å²) in [5.41, 5.74) is 1.61. The van der Waals surface area contributed by atoms with Gasteiger partial charge in [-0.3, -0.25) is 4.79 Å². The highest BCUT2D eigenvalue weighted by atomic mass is 79.9. The van der Waals surface area contributed by atoms with Gasteiger partial charge in [-0.2, -0.15) is 0 Å². The molecule has 0 atom stereocenters. The summed E-state index contributed by atoms with van der Waals surface area (Å²) in [6, 6.07) is 20.9. The summed E-state index contributed by atoms with van der Waals surface area (Å²) in [6.45, 7) is 0.400. The maximum Gasteiger partial charge on any atom is 0.200 e. The van der Waals surface area contributed by atoms with E-state index in [0.29, 0.717) is 23.7 Å². The maximum absolute atomic E-state index is 12.9. The van der Waals surface area contributed by atoms with Crippen LogP contribution < -0.4 is 9.47 Å². The van der Waals surface area contributed by atoms with Gasteiger partial charge in [-0.1, -0.05) is 30.3 Å². The molecule has 0 N–H and O–H groups in total. The minimum Gasteiger partial charge on any atom is -0.493 e. The van der Waals surface area contributed by atoms with E-state index < -0.39 is 0 Å². The van der Waals surface area contributed by atoms with E-state index >= 15 is 0 Å². The lowest BCUT2D eigenvalue weighted by atomic mass is 10.1.